The van der Waals surface area contributed by atoms with Gasteiger partial charge in [-0.05, 0) is 38.6 Å². The Balaban J connectivity index is 1.77. The van der Waals surface area contributed by atoms with Crippen molar-refractivity contribution in [2.45, 2.75) is 26.3 Å². The largest absolute Gasteiger partial charge is 0.367 e. The first-order valence-electron chi connectivity index (χ1n) is 7.66. The Kier molecular flexibility index (Phi) is 5.80. The maximum absolute atomic E-state index is 13.7. The van der Waals surface area contributed by atoms with E-state index in [0.717, 1.165) is 45.0 Å². The second kappa shape index (κ2) is 7.60. The minimum Gasteiger partial charge on any atom is -0.367 e. The van der Waals surface area contributed by atoms with Gasteiger partial charge in [-0.2, -0.15) is 0 Å². The van der Waals surface area contributed by atoms with Crippen molar-refractivity contribution in [1.82, 2.24) is 10.2 Å². The number of halogens is 1. The van der Waals surface area contributed by atoms with Crippen LogP contribution < -0.4 is 10.2 Å². The normalized spacial score (nSPS) is 18.2. The summed E-state index contributed by atoms with van der Waals surface area (Å²) in [6, 6.07) is 7.64. The van der Waals surface area contributed by atoms with Crippen molar-refractivity contribution in [3.05, 3.63) is 30.1 Å². The average Bonchev–Trinajstić information content (AvgIpc) is 2.47. The minimum absolute atomic E-state index is 0.110. The molecule has 1 unspecified atom stereocenters. The fourth-order valence-corrected chi connectivity index (χ4v) is 2.75. The van der Waals surface area contributed by atoms with Gasteiger partial charge in [-0.3, -0.25) is 4.90 Å². The highest BCUT2D eigenvalue weighted by Crippen LogP contribution is 2.20. The summed E-state index contributed by atoms with van der Waals surface area (Å²) >= 11 is 0. The molecule has 20 heavy (non-hydrogen) atoms. The number of benzene rings is 1. The monoisotopic (exact) mass is 279 g/mol. The predicted molar refractivity (Wildman–Crippen MR) is 82.8 cm³/mol. The number of nitrogens with zero attached hydrogens (tertiary/aromatic N) is 2. The molecule has 1 aliphatic rings. The van der Waals surface area contributed by atoms with E-state index in [-0.39, 0.29) is 5.82 Å². The van der Waals surface area contributed by atoms with Gasteiger partial charge in [-0.25, -0.2) is 4.39 Å². The van der Waals surface area contributed by atoms with Crippen LogP contribution in [-0.2, 0) is 0 Å². The maximum Gasteiger partial charge on any atom is 0.146 e. The van der Waals surface area contributed by atoms with E-state index < -0.39 is 0 Å². The van der Waals surface area contributed by atoms with Crippen LogP contribution in [0.15, 0.2) is 24.3 Å². The molecule has 1 aromatic carbocycles. The summed E-state index contributed by atoms with van der Waals surface area (Å²) in [5, 5.41) is 3.44. The number of para-hydroxylation sites is 1. The summed E-state index contributed by atoms with van der Waals surface area (Å²) in [7, 11) is 0. The molecule has 112 valence electrons. The van der Waals surface area contributed by atoms with Gasteiger partial charge < -0.3 is 10.2 Å². The molecule has 1 aromatic rings. The summed E-state index contributed by atoms with van der Waals surface area (Å²) in [5.41, 5.74) is 0.744. The Morgan fingerprint density at radius 3 is 2.55 bits per heavy atom. The van der Waals surface area contributed by atoms with Crippen LogP contribution in [0.4, 0.5) is 10.1 Å². The lowest BCUT2D eigenvalue weighted by atomic mass is 10.2. The van der Waals surface area contributed by atoms with Gasteiger partial charge in [-0.1, -0.05) is 19.1 Å². The second-order valence-corrected chi connectivity index (χ2v) is 5.53. The Hall–Kier alpha value is -1.13. The Labute approximate surface area is 121 Å². The lowest BCUT2D eigenvalue weighted by molar-refractivity contribution is 0.244. The molecule has 1 atom stereocenters. The van der Waals surface area contributed by atoms with Crippen molar-refractivity contribution < 1.29 is 4.39 Å². The zero-order chi connectivity index (χ0) is 14.4. The molecule has 1 aliphatic heterocycles. The number of hydrogen-bond donors (Lipinski definition) is 1. The first-order chi connectivity index (χ1) is 9.70. The highest BCUT2D eigenvalue weighted by Gasteiger charge is 2.19. The van der Waals surface area contributed by atoms with Gasteiger partial charge in [0.2, 0.25) is 0 Å². The summed E-state index contributed by atoms with van der Waals surface area (Å²) in [4.78, 5) is 4.63. The third-order valence-corrected chi connectivity index (χ3v) is 4.00. The molecular weight excluding hydrogens is 253 g/mol. The van der Waals surface area contributed by atoms with Crippen LogP contribution in [0.2, 0.25) is 0 Å². The van der Waals surface area contributed by atoms with Crippen molar-refractivity contribution in [2.24, 2.45) is 0 Å². The Bertz CT molecular complexity index is 402. The smallest absolute Gasteiger partial charge is 0.146 e. The number of nitrogens with one attached hydrogen (secondary N) is 1. The molecule has 0 spiro atoms. The number of piperazine rings is 1. The van der Waals surface area contributed by atoms with E-state index in [0.29, 0.717) is 6.04 Å². The van der Waals surface area contributed by atoms with Crippen molar-refractivity contribution in [2.75, 3.05) is 44.2 Å². The molecule has 1 N–H and O–H groups in total. The number of hydrogen-bond acceptors (Lipinski definition) is 3. The molecule has 0 bridgehead atoms. The Morgan fingerprint density at radius 1 is 1.20 bits per heavy atom. The lowest BCUT2D eigenvalue weighted by Gasteiger charge is -2.36. The van der Waals surface area contributed by atoms with Gasteiger partial charge in [0.05, 0.1) is 5.69 Å². The highest BCUT2D eigenvalue weighted by atomic mass is 19.1. The van der Waals surface area contributed by atoms with E-state index in [1.54, 1.807) is 12.1 Å². The summed E-state index contributed by atoms with van der Waals surface area (Å²) in [5.74, 6) is -0.110. The molecule has 0 radical (unpaired) electrons. The fraction of sp³-hybridized carbons (Fsp3) is 0.625. The molecule has 0 saturated carbocycles. The molecule has 3 nitrogen and oxygen atoms in total. The molecule has 0 aliphatic carbocycles. The van der Waals surface area contributed by atoms with Gasteiger partial charge in [0.25, 0.3) is 0 Å². The van der Waals surface area contributed by atoms with Crippen molar-refractivity contribution in [3.63, 3.8) is 0 Å². The van der Waals surface area contributed by atoms with Crippen LogP contribution in [0.1, 0.15) is 20.3 Å². The molecule has 1 heterocycles. The van der Waals surface area contributed by atoms with E-state index in [1.165, 1.54) is 6.42 Å². The second-order valence-electron chi connectivity index (χ2n) is 5.53. The van der Waals surface area contributed by atoms with E-state index in [4.69, 9.17) is 0 Å². The van der Waals surface area contributed by atoms with Gasteiger partial charge in [0.15, 0.2) is 0 Å². The summed E-state index contributed by atoms with van der Waals surface area (Å²) in [6.07, 6.45) is 1.17. The predicted octanol–water partition coefficient (Wildman–Crippen LogP) is 2.34. The van der Waals surface area contributed by atoms with E-state index in [9.17, 15) is 4.39 Å². The van der Waals surface area contributed by atoms with Crippen molar-refractivity contribution >= 4 is 5.69 Å². The molecule has 1 fully saturated rings. The minimum atomic E-state index is -0.110. The van der Waals surface area contributed by atoms with Crippen LogP contribution in [0.5, 0.6) is 0 Å². The van der Waals surface area contributed by atoms with E-state index in [1.807, 2.05) is 12.1 Å². The molecule has 2 rings (SSSR count). The van der Waals surface area contributed by atoms with Crippen LogP contribution >= 0.6 is 0 Å². The van der Waals surface area contributed by atoms with E-state index in [2.05, 4.69) is 29.0 Å². The van der Waals surface area contributed by atoms with Gasteiger partial charge in [-0.15, -0.1) is 0 Å². The Morgan fingerprint density at radius 2 is 1.90 bits per heavy atom. The quantitative estimate of drug-likeness (QED) is 0.862. The molecule has 1 saturated heterocycles. The SMILES string of the molecule is CCNC(C)CCN1CCN(c2ccccc2F)CC1. The van der Waals surface area contributed by atoms with Gasteiger partial charge in [0.1, 0.15) is 5.82 Å². The number of anilines is 1. The first kappa shape index (κ1) is 15.3. The molecule has 4 heteroatoms. The molecule has 0 amide bonds. The maximum atomic E-state index is 13.7. The van der Waals surface area contributed by atoms with Gasteiger partial charge >= 0.3 is 0 Å². The van der Waals surface area contributed by atoms with Crippen LogP contribution in [0.3, 0.4) is 0 Å². The zero-order valence-corrected chi connectivity index (χ0v) is 12.6. The first-order valence-corrected chi connectivity index (χ1v) is 7.66. The molecule has 0 aromatic heterocycles. The molecular formula is C16H26FN3. The van der Waals surface area contributed by atoms with E-state index >= 15 is 0 Å². The zero-order valence-electron chi connectivity index (χ0n) is 12.6. The van der Waals surface area contributed by atoms with Crippen molar-refractivity contribution in [1.29, 1.82) is 0 Å². The van der Waals surface area contributed by atoms with Gasteiger partial charge in [0, 0.05) is 32.2 Å². The standard InChI is InChI=1S/C16H26FN3/c1-3-18-14(2)8-9-19-10-12-20(13-11-19)16-7-5-4-6-15(16)17/h4-7,14,18H,3,8-13H2,1-2H3. The lowest BCUT2D eigenvalue weighted by Crippen LogP contribution is -2.47. The van der Waals surface area contributed by atoms with Crippen LogP contribution in [-0.4, -0.2) is 50.2 Å². The highest BCUT2D eigenvalue weighted by molar-refractivity contribution is 5.47. The van der Waals surface area contributed by atoms with Crippen LogP contribution in [0.25, 0.3) is 0 Å². The average molecular weight is 279 g/mol. The van der Waals surface area contributed by atoms with Crippen LogP contribution in [0, 0.1) is 5.82 Å². The fourth-order valence-electron chi connectivity index (χ4n) is 2.75. The number of rotatable bonds is 6. The summed E-state index contributed by atoms with van der Waals surface area (Å²) < 4.78 is 13.7. The van der Waals surface area contributed by atoms with Crippen molar-refractivity contribution in [3.8, 4) is 0 Å². The summed E-state index contributed by atoms with van der Waals surface area (Å²) in [6.45, 7) is 10.4. The third kappa shape index (κ3) is 4.18. The topological polar surface area (TPSA) is 18.5 Å². The third-order valence-electron chi connectivity index (χ3n) is 4.00.